The summed E-state index contributed by atoms with van der Waals surface area (Å²) < 4.78 is 23.6. The van der Waals surface area contributed by atoms with Crippen LogP contribution < -0.4 is 4.90 Å². The third-order valence-corrected chi connectivity index (χ3v) is 8.01. The first-order valence-electron chi connectivity index (χ1n) is 8.03. The summed E-state index contributed by atoms with van der Waals surface area (Å²) in [6.07, 6.45) is 0. The summed E-state index contributed by atoms with van der Waals surface area (Å²) in [5, 5.41) is 1.61. The zero-order valence-electron chi connectivity index (χ0n) is 13.4. The average Bonchev–Trinajstić information content (AvgIpc) is 3.08. The summed E-state index contributed by atoms with van der Waals surface area (Å²) in [4.78, 5) is 6.85. The lowest BCUT2D eigenvalue weighted by Crippen LogP contribution is -2.28. The number of halogens is 1. The monoisotopic (exact) mass is 392 g/mol. The molecule has 2 heterocycles. The van der Waals surface area contributed by atoms with Crippen molar-refractivity contribution in [3.05, 3.63) is 65.2 Å². The molecule has 7 heteroatoms. The molecule has 0 aliphatic carbocycles. The maximum Gasteiger partial charge on any atom is 0.164 e. The Hall–Kier alpha value is -1.50. The van der Waals surface area contributed by atoms with Gasteiger partial charge < -0.3 is 4.90 Å². The Balaban J connectivity index is 1.67. The predicted molar refractivity (Wildman–Crippen MR) is 105 cm³/mol. The molecule has 0 spiro atoms. The van der Waals surface area contributed by atoms with Gasteiger partial charge in [-0.25, -0.2) is 8.42 Å². The van der Waals surface area contributed by atoms with Crippen molar-refractivity contribution in [3.63, 3.8) is 0 Å². The number of nitrogens with zero attached hydrogens (tertiary/aromatic N) is 2. The van der Waals surface area contributed by atoms with Crippen LogP contribution in [-0.2, 0) is 16.4 Å². The van der Waals surface area contributed by atoms with E-state index < -0.39 is 9.84 Å². The van der Waals surface area contributed by atoms with E-state index in [1.807, 2.05) is 54.6 Å². The molecule has 0 amide bonds. The number of sulfone groups is 1. The molecule has 25 heavy (non-hydrogen) atoms. The molecule has 4 nitrogen and oxygen atoms in total. The van der Waals surface area contributed by atoms with Crippen molar-refractivity contribution in [2.24, 2.45) is 4.99 Å². The molecule has 2 aliphatic heterocycles. The maximum absolute atomic E-state index is 11.8. The Bertz CT molecular complexity index is 916. The second kappa shape index (κ2) is 6.67. The van der Waals surface area contributed by atoms with Crippen molar-refractivity contribution in [1.29, 1.82) is 0 Å². The second-order valence-corrected chi connectivity index (χ2v) is 9.99. The van der Waals surface area contributed by atoms with Crippen LogP contribution in [-0.4, -0.2) is 36.4 Å². The number of thioether (sulfide) groups is 1. The first kappa shape index (κ1) is 16.9. The highest BCUT2D eigenvalue weighted by molar-refractivity contribution is 8.15. The minimum Gasteiger partial charge on any atom is -0.317 e. The van der Waals surface area contributed by atoms with Crippen molar-refractivity contribution in [1.82, 2.24) is 0 Å². The number of amidine groups is 1. The van der Waals surface area contributed by atoms with E-state index in [2.05, 4.69) is 4.90 Å². The van der Waals surface area contributed by atoms with E-state index >= 15 is 0 Å². The van der Waals surface area contributed by atoms with Gasteiger partial charge in [-0.2, -0.15) is 0 Å². The van der Waals surface area contributed by atoms with Gasteiger partial charge in [0.2, 0.25) is 0 Å². The normalized spacial score (nSPS) is 24.0. The van der Waals surface area contributed by atoms with E-state index in [1.54, 1.807) is 11.8 Å². The fourth-order valence-corrected chi connectivity index (χ4v) is 7.12. The minimum absolute atomic E-state index is 0.0254. The molecule has 0 bridgehead atoms. The minimum atomic E-state index is -2.95. The van der Waals surface area contributed by atoms with Crippen LogP contribution in [0, 0.1) is 0 Å². The maximum atomic E-state index is 11.8. The van der Waals surface area contributed by atoms with Gasteiger partial charge in [0.05, 0.1) is 24.1 Å². The summed E-state index contributed by atoms with van der Waals surface area (Å²) in [6.45, 7) is 0.599. The molecule has 0 radical (unpaired) electrons. The van der Waals surface area contributed by atoms with Crippen LogP contribution >= 0.6 is 23.4 Å². The van der Waals surface area contributed by atoms with Crippen LogP contribution in [0.2, 0.25) is 5.02 Å². The van der Waals surface area contributed by atoms with Gasteiger partial charge in [0.15, 0.2) is 15.0 Å². The van der Waals surface area contributed by atoms with Crippen LogP contribution in [0.25, 0.3) is 0 Å². The smallest absolute Gasteiger partial charge is 0.164 e. The highest BCUT2D eigenvalue weighted by Crippen LogP contribution is 2.37. The molecular weight excluding hydrogens is 376 g/mol. The fraction of sp³-hybridized carbons (Fsp3) is 0.278. The van der Waals surface area contributed by atoms with E-state index in [0.717, 1.165) is 21.4 Å². The van der Waals surface area contributed by atoms with E-state index in [-0.39, 0.29) is 22.8 Å². The summed E-state index contributed by atoms with van der Waals surface area (Å²) in [5.41, 5.74) is 2.04. The largest absolute Gasteiger partial charge is 0.317 e. The van der Waals surface area contributed by atoms with Crippen molar-refractivity contribution in [3.8, 4) is 0 Å². The molecule has 130 valence electrons. The summed E-state index contributed by atoms with van der Waals surface area (Å²) >= 11 is 7.91. The van der Waals surface area contributed by atoms with Gasteiger partial charge in [-0.1, -0.05) is 59.8 Å². The molecular formula is C18H17ClN2O2S2. The van der Waals surface area contributed by atoms with Crippen LogP contribution in [0.1, 0.15) is 5.56 Å². The molecule has 2 aliphatic rings. The number of rotatable bonds is 3. The number of aliphatic imine (C=N–C) groups is 1. The quantitative estimate of drug-likeness (QED) is 0.800. The highest BCUT2D eigenvalue weighted by Gasteiger charge is 2.44. The first-order chi connectivity index (χ1) is 12.0. The van der Waals surface area contributed by atoms with Crippen molar-refractivity contribution in [2.45, 2.75) is 17.8 Å². The average molecular weight is 393 g/mol. The lowest BCUT2D eigenvalue weighted by molar-refractivity contribution is 0.601. The number of hydrogen-bond acceptors (Lipinski definition) is 5. The highest BCUT2D eigenvalue weighted by atomic mass is 35.5. The van der Waals surface area contributed by atoms with Crippen molar-refractivity contribution < 1.29 is 8.42 Å². The van der Waals surface area contributed by atoms with Gasteiger partial charge in [-0.15, -0.1) is 0 Å². The second-order valence-electron chi connectivity index (χ2n) is 6.23. The lowest BCUT2D eigenvalue weighted by Gasteiger charge is -2.25. The van der Waals surface area contributed by atoms with Crippen LogP contribution in [0.5, 0.6) is 0 Å². The molecule has 2 unspecified atom stereocenters. The number of para-hydroxylation sites is 1. The van der Waals surface area contributed by atoms with E-state index in [0.29, 0.717) is 6.54 Å². The van der Waals surface area contributed by atoms with Crippen LogP contribution in [0.15, 0.2) is 59.6 Å². The van der Waals surface area contributed by atoms with Crippen molar-refractivity contribution in [2.75, 3.05) is 16.4 Å². The van der Waals surface area contributed by atoms with E-state index in [1.165, 1.54) is 0 Å². The molecule has 0 saturated carbocycles. The lowest BCUT2D eigenvalue weighted by atomic mass is 10.2. The van der Waals surface area contributed by atoms with E-state index in [9.17, 15) is 8.42 Å². The molecule has 2 aromatic rings. The Morgan fingerprint density at radius 3 is 2.52 bits per heavy atom. The van der Waals surface area contributed by atoms with Crippen LogP contribution in [0.3, 0.4) is 0 Å². The molecule has 2 aromatic carbocycles. The summed E-state index contributed by atoms with van der Waals surface area (Å²) in [5.74, 6) is 0.368. The van der Waals surface area contributed by atoms with Crippen molar-refractivity contribution >= 4 is 44.1 Å². The molecule has 0 aromatic heterocycles. The van der Waals surface area contributed by atoms with Crippen LogP contribution in [0.4, 0.5) is 5.69 Å². The summed E-state index contributed by atoms with van der Waals surface area (Å²) in [7, 11) is -2.95. The first-order valence-corrected chi connectivity index (χ1v) is 11.1. The summed E-state index contributed by atoms with van der Waals surface area (Å²) in [6, 6.07) is 17.6. The zero-order valence-corrected chi connectivity index (χ0v) is 15.8. The number of fused-ring (bicyclic) bond motifs is 1. The van der Waals surface area contributed by atoms with Gasteiger partial charge in [0.25, 0.3) is 0 Å². The Morgan fingerprint density at radius 1 is 1.08 bits per heavy atom. The van der Waals surface area contributed by atoms with Gasteiger partial charge in [-0.3, -0.25) is 4.99 Å². The third-order valence-electron chi connectivity index (χ3n) is 4.39. The molecule has 2 atom stereocenters. The fourth-order valence-electron chi connectivity index (χ4n) is 3.15. The predicted octanol–water partition coefficient (Wildman–Crippen LogP) is 3.62. The van der Waals surface area contributed by atoms with Gasteiger partial charge >= 0.3 is 0 Å². The zero-order chi connectivity index (χ0) is 17.4. The van der Waals surface area contributed by atoms with E-state index in [4.69, 9.17) is 16.6 Å². The van der Waals surface area contributed by atoms with Gasteiger partial charge in [0, 0.05) is 16.0 Å². The van der Waals surface area contributed by atoms with Gasteiger partial charge in [0.1, 0.15) is 0 Å². The Morgan fingerprint density at radius 2 is 1.80 bits per heavy atom. The Labute approximate surface area is 156 Å². The topological polar surface area (TPSA) is 49.7 Å². The number of benzene rings is 2. The third kappa shape index (κ3) is 3.57. The molecule has 0 N–H and O–H groups in total. The number of hydrogen-bond donors (Lipinski definition) is 0. The number of anilines is 1. The molecule has 4 rings (SSSR count). The Kier molecular flexibility index (Phi) is 4.52. The molecule has 1 fully saturated rings. The molecule has 1 saturated heterocycles. The standard InChI is InChI=1S/C18H17ClN2O2S2/c19-15-9-5-4-6-13(15)10-21(14-7-2-1-3-8-14)18-20-16-11-25(22,23)12-17(16)24-18/h1-9,16-17H,10-12H2. The van der Waals surface area contributed by atoms with Gasteiger partial charge in [-0.05, 0) is 23.8 Å². The SMILES string of the molecule is O=S1(=O)CC2N=C(N(Cc3ccccc3Cl)c3ccccc3)SC2C1.